The monoisotopic (exact) mass is 318 g/mol. The van der Waals surface area contributed by atoms with Crippen LogP contribution in [0.25, 0.3) is 11.0 Å². The highest BCUT2D eigenvalue weighted by atomic mass is 16.2. The van der Waals surface area contributed by atoms with Crippen LogP contribution in [-0.4, -0.2) is 40.9 Å². The highest BCUT2D eigenvalue weighted by Crippen LogP contribution is 2.16. The molecule has 4 N–H and O–H groups in total. The number of benzene rings is 1. The van der Waals surface area contributed by atoms with E-state index in [2.05, 4.69) is 23.8 Å². The van der Waals surface area contributed by atoms with Crippen LogP contribution in [0.2, 0.25) is 0 Å². The number of amides is 1. The first-order valence-corrected chi connectivity index (χ1v) is 7.96. The Morgan fingerprint density at radius 1 is 1.26 bits per heavy atom. The lowest BCUT2D eigenvalue weighted by Gasteiger charge is -2.29. The van der Waals surface area contributed by atoms with Crippen molar-refractivity contribution in [2.24, 2.45) is 11.1 Å². The van der Waals surface area contributed by atoms with Crippen LogP contribution in [0.15, 0.2) is 23.0 Å². The molecule has 0 unspecified atom stereocenters. The predicted octanol–water partition coefficient (Wildman–Crippen LogP) is 1.62. The fourth-order valence-electron chi connectivity index (χ4n) is 2.66. The maximum atomic E-state index is 12.2. The number of aromatic amines is 2. The number of nitrogens with zero attached hydrogens (tertiary/aromatic N) is 1. The second-order valence-electron chi connectivity index (χ2n) is 6.93. The molecule has 1 aromatic carbocycles. The molecule has 0 bridgehead atoms. The number of aromatic nitrogens is 2. The van der Waals surface area contributed by atoms with Crippen molar-refractivity contribution < 1.29 is 4.79 Å². The summed E-state index contributed by atoms with van der Waals surface area (Å²) >= 11 is 0. The summed E-state index contributed by atoms with van der Waals surface area (Å²) in [7, 11) is 1.83. The minimum absolute atomic E-state index is 0.0599. The third-order valence-electron chi connectivity index (χ3n) is 4.08. The minimum Gasteiger partial charge on any atom is -0.345 e. The van der Waals surface area contributed by atoms with Gasteiger partial charge in [-0.25, -0.2) is 4.79 Å². The van der Waals surface area contributed by atoms with Gasteiger partial charge in [0.15, 0.2) is 0 Å². The van der Waals surface area contributed by atoms with Crippen LogP contribution in [0.3, 0.4) is 0 Å². The molecule has 1 amide bonds. The molecule has 6 heteroatoms. The van der Waals surface area contributed by atoms with E-state index in [0.29, 0.717) is 19.5 Å². The maximum Gasteiger partial charge on any atom is 0.323 e. The van der Waals surface area contributed by atoms with Gasteiger partial charge in [0.05, 0.1) is 11.0 Å². The fourth-order valence-corrected chi connectivity index (χ4v) is 2.66. The van der Waals surface area contributed by atoms with Crippen LogP contribution in [-0.2, 0) is 11.2 Å². The normalized spacial score (nSPS) is 11.8. The van der Waals surface area contributed by atoms with Crippen LogP contribution in [0.4, 0.5) is 0 Å². The summed E-state index contributed by atoms with van der Waals surface area (Å²) in [5.74, 6) is 0.141. The molecule has 6 nitrogen and oxygen atoms in total. The van der Waals surface area contributed by atoms with Crippen LogP contribution < -0.4 is 11.4 Å². The van der Waals surface area contributed by atoms with Crippen molar-refractivity contribution in [2.75, 3.05) is 20.1 Å². The number of carbonyl (C=O) groups is 1. The zero-order valence-corrected chi connectivity index (χ0v) is 14.1. The summed E-state index contributed by atoms with van der Waals surface area (Å²) in [5, 5.41) is 0. The summed E-state index contributed by atoms with van der Waals surface area (Å²) < 4.78 is 0. The Morgan fingerprint density at radius 2 is 1.96 bits per heavy atom. The van der Waals surface area contributed by atoms with Gasteiger partial charge in [-0.15, -0.1) is 0 Å². The molecular weight excluding hydrogens is 292 g/mol. The van der Waals surface area contributed by atoms with Crippen LogP contribution in [0, 0.1) is 5.41 Å². The van der Waals surface area contributed by atoms with E-state index in [4.69, 9.17) is 5.73 Å². The number of nitrogens with one attached hydrogen (secondary N) is 2. The molecule has 0 spiro atoms. The predicted molar refractivity (Wildman–Crippen MR) is 92.3 cm³/mol. The molecule has 0 aliphatic carbocycles. The molecule has 2 aromatic rings. The molecule has 0 aliphatic heterocycles. The Balaban J connectivity index is 1.85. The van der Waals surface area contributed by atoms with Gasteiger partial charge in [0.2, 0.25) is 5.91 Å². The van der Waals surface area contributed by atoms with E-state index < -0.39 is 0 Å². The third kappa shape index (κ3) is 4.69. The maximum absolute atomic E-state index is 12.2. The molecule has 1 aromatic heterocycles. The Labute approximate surface area is 136 Å². The van der Waals surface area contributed by atoms with Crippen molar-refractivity contribution in [1.29, 1.82) is 0 Å². The molecule has 23 heavy (non-hydrogen) atoms. The number of nitrogens with two attached hydrogens (primary N) is 1. The number of rotatable bonds is 7. The smallest absolute Gasteiger partial charge is 0.323 e. The van der Waals surface area contributed by atoms with Crippen molar-refractivity contribution >= 4 is 16.9 Å². The lowest BCUT2D eigenvalue weighted by molar-refractivity contribution is -0.131. The number of hydrogen-bond donors (Lipinski definition) is 3. The van der Waals surface area contributed by atoms with Crippen molar-refractivity contribution in [1.82, 2.24) is 14.9 Å². The van der Waals surface area contributed by atoms with Crippen molar-refractivity contribution in [3.8, 4) is 0 Å². The highest BCUT2D eigenvalue weighted by molar-refractivity contribution is 5.76. The largest absolute Gasteiger partial charge is 0.345 e. The zero-order valence-electron chi connectivity index (χ0n) is 14.1. The summed E-state index contributed by atoms with van der Waals surface area (Å²) in [6.45, 7) is 5.34. The van der Waals surface area contributed by atoms with Gasteiger partial charge in [-0.05, 0) is 42.5 Å². The van der Waals surface area contributed by atoms with E-state index in [1.54, 1.807) is 4.90 Å². The first-order valence-electron chi connectivity index (χ1n) is 7.96. The minimum atomic E-state index is -0.198. The van der Waals surface area contributed by atoms with E-state index in [0.717, 1.165) is 29.4 Å². The highest BCUT2D eigenvalue weighted by Gasteiger charge is 2.20. The van der Waals surface area contributed by atoms with Crippen LogP contribution in [0.5, 0.6) is 0 Å². The van der Waals surface area contributed by atoms with Gasteiger partial charge in [0, 0.05) is 20.0 Å². The lowest BCUT2D eigenvalue weighted by atomic mass is 9.93. The lowest BCUT2D eigenvalue weighted by Crippen LogP contribution is -2.39. The van der Waals surface area contributed by atoms with E-state index in [1.807, 2.05) is 25.2 Å². The number of fused-ring (bicyclic) bond motifs is 1. The quantitative estimate of drug-likeness (QED) is 0.724. The second kappa shape index (κ2) is 7.00. The SMILES string of the molecule is CN(CC(C)(C)CN)C(=O)CCCc1ccc2[nH]c(=O)[nH]c2c1. The van der Waals surface area contributed by atoms with Crippen LogP contribution in [0.1, 0.15) is 32.3 Å². The number of aryl methyl sites for hydroxylation is 1. The Morgan fingerprint density at radius 3 is 2.65 bits per heavy atom. The first kappa shape index (κ1) is 17.3. The Bertz CT molecular complexity index is 730. The van der Waals surface area contributed by atoms with Crippen LogP contribution >= 0.6 is 0 Å². The van der Waals surface area contributed by atoms with Gasteiger partial charge < -0.3 is 20.6 Å². The van der Waals surface area contributed by atoms with E-state index in [9.17, 15) is 9.59 Å². The molecule has 0 saturated heterocycles. The standard InChI is InChI=1S/C17H26N4O2/c1-17(2,10-18)11-21(3)15(22)6-4-5-12-7-8-13-14(9-12)20-16(23)19-13/h7-9H,4-6,10-11,18H2,1-3H3,(H2,19,20,23). The van der Waals surface area contributed by atoms with Gasteiger partial charge >= 0.3 is 5.69 Å². The molecule has 0 atom stereocenters. The fraction of sp³-hybridized carbons (Fsp3) is 0.529. The third-order valence-corrected chi connectivity index (χ3v) is 4.08. The Hall–Kier alpha value is -2.08. The average molecular weight is 318 g/mol. The molecular formula is C17H26N4O2. The van der Waals surface area contributed by atoms with E-state index in [1.165, 1.54) is 0 Å². The molecule has 126 valence electrons. The van der Waals surface area contributed by atoms with Gasteiger partial charge in [0.1, 0.15) is 0 Å². The summed E-state index contributed by atoms with van der Waals surface area (Å²) in [6.07, 6.45) is 2.11. The number of carbonyl (C=O) groups excluding carboxylic acids is 1. The van der Waals surface area contributed by atoms with E-state index in [-0.39, 0.29) is 17.0 Å². The van der Waals surface area contributed by atoms with Crippen molar-refractivity contribution in [3.05, 3.63) is 34.2 Å². The Kier molecular flexibility index (Phi) is 5.26. The number of imidazole rings is 1. The molecule has 1 heterocycles. The summed E-state index contributed by atoms with van der Waals surface area (Å²) in [6, 6.07) is 5.83. The molecule has 0 aliphatic rings. The van der Waals surface area contributed by atoms with Crippen molar-refractivity contribution in [2.45, 2.75) is 33.1 Å². The number of H-pyrrole nitrogens is 2. The second-order valence-corrected chi connectivity index (χ2v) is 6.93. The van der Waals surface area contributed by atoms with E-state index >= 15 is 0 Å². The van der Waals surface area contributed by atoms with Gasteiger partial charge in [0.25, 0.3) is 0 Å². The van der Waals surface area contributed by atoms with Gasteiger partial charge in [-0.2, -0.15) is 0 Å². The van der Waals surface area contributed by atoms with Gasteiger partial charge in [-0.1, -0.05) is 19.9 Å². The first-order chi connectivity index (χ1) is 10.8. The molecule has 2 rings (SSSR count). The zero-order chi connectivity index (χ0) is 17.0. The average Bonchev–Trinajstić information content (AvgIpc) is 2.86. The topological polar surface area (TPSA) is 95.0 Å². The number of hydrogen-bond acceptors (Lipinski definition) is 3. The van der Waals surface area contributed by atoms with Crippen molar-refractivity contribution in [3.63, 3.8) is 0 Å². The van der Waals surface area contributed by atoms with Gasteiger partial charge in [-0.3, -0.25) is 4.79 Å². The summed E-state index contributed by atoms with van der Waals surface area (Å²) in [4.78, 5) is 30.7. The summed E-state index contributed by atoms with van der Waals surface area (Å²) in [5.41, 5.74) is 8.18. The molecule has 0 radical (unpaired) electrons. The molecule has 0 fully saturated rings. The molecule has 0 saturated carbocycles.